The zero-order chi connectivity index (χ0) is 9.97. The van der Waals surface area contributed by atoms with Crippen molar-refractivity contribution < 1.29 is 9.53 Å². The number of rotatable bonds is 2. The summed E-state index contributed by atoms with van der Waals surface area (Å²) in [6.07, 6.45) is 0.974. The molecule has 2 saturated heterocycles. The Labute approximate surface area is 88.4 Å². The first-order valence-corrected chi connectivity index (χ1v) is 6.10. The number of carbonyl (C=O) groups is 1. The van der Waals surface area contributed by atoms with Crippen molar-refractivity contribution in [1.29, 1.82) is 0 Å². The molecule has 2 rings (SSSR count). The normalized spacial score (nSPS) is 32.1. The third kappa shape index (κ3) is 2.04. The van der Waals surface area contributed by atoms with Crippen molar-refractivity contribution in [1.82, 2.24) is 10.2 Å². The number of thioether (sulfide) groups is 1. The van der Waals surface area contributed by atoms with Crippen LogP contribution in [0.2, 0.25) is 0 Å². The van der Waals surface area contributed by atoms with Gasteiger partial charge >= 0.3 is 0 Å². The SMILES string of the molecule is CN(C(=O)C1CSCN1)C1CCOC1. The van der Waals surface area contributed by atoms with Gasteiger partial charge in [-0.25, -0.2) is 0 Å². The number of hydrogen-bond acceptors (Lipinski definition) is 4. The summed E-state index contributed by atoms with van der Waals surface area (Å²) in [7, 11) is 1.88. The third-order valence-corrected chi connectivity index (χ3v) is 3.76. The Balaban J connectivity index is 1.89. The van der Waals surface area contributed by atoms with Crippen molar-refractivity contribution in [2.75, 3.05) is 31.9 Å². The van der Waals surface area contributed by atoms with E-state index in [9.17, 15) is 4.79 Å². The lowest BCUT2D eigenvalue weighted by Crippen LogP contribution is -2.47. The largest absolute Gasteiger partial charge is 0.379 e. The van der Waals surface area contributed by atoms with Gasteiger partial charge in [0, 0.05) is 25.3 Å². The highest BCUT2D eigenvalue weighted by Gasteiger charge is 2.30. The summed E-state index contributed by atoms with van der Waals surface area (Å²) < 4.78 is 5.27. The van der Waals surface area contributed by atoms with E-state index in [-0.39, 0.29) is 18.0 Å². The van der Waals surface area contributed by atoms with Crippen LogP contribution >= 0.6 is 11.8 Å². The molecule has 1 amide bonds. The van der Waals surface area contributed by atoms with E-state index in [1.807, 2.05) is 11.9 Å². The molecule has 2 aliphatic rings. The molecule has 0 radical (unpaired) electrons. The number of likely N-dealkylation sites (N-methyl/N-ethyl adjacent to an activating group) is 1. The van der Waals surface area contributed by atoms with Crippen molar-refractivity contribution in [3.05, 3.63) is 0 Å². The summed E-state index contributed by atoms with van der Waals surface area (Å²) in [5, 5.41) is 3.19. The molecule has 2 unspecified atom stereocenters. The van der Waals surface area contributed by atoms with E-state index < -0.39 is 0 Å². The van der Waals surface area contributed by atoms with Gasteiger partial charge < -0.3 is 9.64 Å². The molecular weight excluding hydrogens is 200 g/mol. The minimum atomic E-state index is 0.0191. The Hall–Kier alpha value is -0.260. The zero-order valence-corrected chi connectivity index (χ0v) is 9.18. The van der Waals surface area contributed by atoms with E-state index in [4.69, 9.17) is 4.74 Å². The van der Waals surface area contributed by atoms with Crippen molar-refractivity contribution in [3.8, 4) is 0 Å². The average molecular weight is 216 g/mol. The van der Waals surface area contributed by atoms with Crippen LogP contribution in [0.4, 0.5) is 0 Å². The summed E-state index contributed by atoms with van der Waals surface area (Å²) >= 11 is 1.78. The molecule has 4 nitrogen and oxygen atoms in total. The van der Waals surface area contributed by atoms with E-state index in [1.165, 1.54) is 0 Å². The van der Waals surface area contributed by atoms with Crippen LogP contribution in [0.25, 0.3) is 0 Å². The van der Waals surface area contributed by atoms with Gasteiger partial charge in [-0.15, -0.1) is 11.8 Å². The standard InChI is InChI=1S/C9H16N2O2S/c1-11(7-2-3-13-4-7)9(12)8-5-14-6-10-8/h7-8,10H,2-6H2,1H3. The van der Waals surface area contributed by atoms with Gasteiger partial charge in [-0.3, -0.25) is 10.1 Å². The second-order valence-corrected chi connectivity index (χ2v) is 4.77. The van der Waals surface area contributed by atoms with E-state index in [1.54, 1.807) is 11.8 Å². The van der Waals surface area contributed by atoms with Gasteiger partial charge in [0.1, 0.15) is 0 Å². The Morgan fingerprint density at radius 3 is 3.07 bits per heavy atom. The predicted octanol–water partition coefficient (Wildman–Crippen LogP) is -0.104. The van der Waals surface area contributed by atoms with Crippen molar-refractivity contribution in [3.63, 3.8) is 0 Å². The van der Waals surface area contributed by atoms with Gasteiger partial charge in [-0.1, -0.05) is 0 Å². The topological polar surface area (TPSA) is 41.6 Å². The minimum Gasteiger partial charge on any atom is -0.379 e. The lowest BCUT2D eigenvalue weighted by Gasteiger charge is -2.25. The average Bonchev–Trinajstić information content (AvgIpc) is 2.87. The summed E-state index contributed by atoms with van der Waals surface area (Å²) in [4.78, 5) is 13.8. The smallest absolute Gasteiger partial charge is 0.240 e. The highest BCUT2D eigenvalue weighted by molar-refractivity contribution is 7.99. The van der Waals surface area contributed by atoms with Crippen molar-refractivity contribution >= 4 is 17.7 Å². The van der Waals surface area contributed by atoms with Crippen LogP contribution < -0.4 is 5.32 Å². The number of nitrogens with zero attached hydrogens (tertiary/aromatic N) is 1. The molecule has 0 spiro atoms. The molecular formula is C9H16N2O2S. The Bertz CT molecular complexity index is 213. The van der Waals surface area contributed by atoms with Crippen LogP contribution in [0.1, 0.15) is 6.42 Å². The molecule has 0 aromatic carbocycles. The van der Waals surface area contributed by atoms with Gasteiger partial charge in [-0.05, 0) is 6.42 Å². The van der Waals surface area contributed by atoms with Gasteiger partial charge in [0.15, 0.2) is 0 Å². The molecule has 0 aromatic rings. The van der Waals surface area contributed by atoms with E-state index in [0.717, 1.165) is 24.7 Å². The molecule has 80 valence electrons. The van der Waals surface area contributed by atoms with Gasteiger partial charge in [0.2, 0.25) is 5.91 Å². The first-order chi connectivity index (χ1) is 6.79. The van der Waals surface area contributed by atoms with E-state index in [2.05, 4.69) is 5.32 Å². The number of carbonyl (C=O) groups excluding carboxylic acids is 1. The maximum absolute atomic E-state index is 11.9. The molecule has 0 aliphatic carbocycles. The summed E-state index contributed by atoms with van der Waals surface area (Å²) in [5.41, 5.74) is 0. The Morgan fingerprint density at radius 2 is 2.50 bits per heavy atom. The summed E-state index contributed by atoms with van der Waals surface area (Å²) in [5.74, 6) is 2.01. The highest BCUT2D eigenvalue weighted by atomic mass is 32.2. The quantitative estimate of drug-likeness (QED) is 0.699. The zero-order valence-electron chi connectivity index (χ0n) is 8.36. The van der Waals surface area contributed by atoms with Crippen LogP contribution in [0, 0.1) is 0 Å². The predicted molar refractivity (Wildman–Crippen MR) is 56.2 cm³/mol. The monoisotopic (exact) mass is 216 g/mol. The maximum atomic E-state index is 11.9. The second-order valence-electron chi connectivity index (χ2n) is 3.74. The van der Waals surface area contributed by atoms with Crippen LogP contribution in [0.5, 0.6) is 0 Å². The molecule has 1 N–H and O–H groups in total. The molecule has 0 bridgehead atoms. The van der Waals surface area contributed by atoms with Gasteiger partial charge in [0.25, 0.3) is 0 Å². The van der Waals surface area contributed by atoms with Crippen LogP contribution in [0.3, 0.4) is 0 Å². The molecule has 0 saturated carbocycles. The molecule has 2 fully saturated rings. The summed E-state index contributed by atoms with van der Waals surface area (Å²) in [6, 6.07) is 0.306. The van der Waals surface area contributed by atoms with Crippen LogP contribution in [-0.2, 0) is 9.53 Å². The maximum Gasteiger partial charge on any atom is 0.240 e. The first-order valence-electron chi connectivity index (χ1n) is 4.94. The number of nitrogens with one attached hydrogen (secondary N) is 1. The fourth-order valence-corrected chi connectivity index (χ4v) is 2.74. The molecule has 0 aromatic heterocycles. The van der Waals surface area contributed by atoms with Crippen LogP contribution in [-0.4, -0.2) is 54.8 Å². The molecule has 14 heavy (non-hydrogen) atoms. The van der Waals surface area contributed by atoms with Gasteiger partial charge in [-0.2, -0.15) is 0 Å². The number of amides is 1. The van der Waals surface area contributed by atoms with Gasteiger partial charge in [0.05, 0.1) is 18.7 Å². The fraction of sp³-hybridized carbons (Fsp3) is 0.889. The molecule has 2 atom stereocenters. The van der Waals surface area contributed by atoms with Crippen LogP contribution in [0.15, 0.2) is 0 Å². The lowest BCUT2D eigenvalue weighted by atomic mass is 10.2. The van der Waals surface area contributed by atoms with E-state index in [0.29, 0.717) is 6.61 Å². The Morgan fingerprint density at radius 1 is 1.64 bits per heavy atom. The number of hydrogen-bond donors (Lipinski definition) is 1. The summed E-state index contributed by atoms with van der Waals surface area (Å²) in [6.45, 7) is 1.48. The second kappa shape index (κ2) is 4.51. The van der Waals surface area contributed by atoms with Crippen molar-refractivity contribution in [2.45, 2.75) is 18.5 Å². The third-order valence-electron chi connectivity index (χ3n) is 2.82. The molecule has 2 aliphatic heterocycles. The molecule has 2 heterocycles. The Kier molecular flexibility index (Phi) is 3.30. The highest BCUT2D eigenvalue weighted by Crippen LogP contribution is 2.16. The lowest BCUT2D eigenvalue weighted by molar-refractivity contribution is -0.133. The minimum absolute atomic E-state index is 0.0191. The number of ether oxygens (including phenoxy) is 1. The van der Waals surface area contributed by atoms with E-state index >= 15 is 0 Å². The van der Waals surface area contributed by atoms with Crippen molar-refractivity contribution in [2.24, 2.45) is 0 Å². The fourth-order valence-electron chi connectivity index (χ4n) is 1.81. The molecule has 5 heteroatoms. The first kappa shape index (κ1) is 10.3.